The van der Waals surface area contributed by atoms with Gasteiger partial charge in [-0.25, -0.2) is 0 Å². The number of hydrogen-bond acceptors (Lipinski definition) is 2. The Balaban J connectivity index is 2.04. The maximum atomic E-state index is 5.26. The van der Waals surface area contributed by atoms with E-state index in [0.717, 1.165) is 10.2 Å². The number of rotatable bonds is 5. The van der Waals surface area contributed by atoms with Gasteiger partial charge in [-0.15, -0.1) is 0 Å². The second-order valence-corrected chi connectivity index (χ2v) is 6.51. The lowest BCUT2D eigenvalue weighted by Gasteiger charge is -2.25. The van der Waals surface area contributed by atoms with Gasteiger partial charge in [0.15, 0.2) is 0 Å². The zero-order valence-corrected chi connectivity index (χ0v) is 13.2. The van der Waals surface area contributed by atoms with Crippen LogP contribution < -0.4 is 10.1 Å². The van der Waals surface area contributed by atoms with E-state index in [1.54, 1.807) is 7.11 Å². The van der Waals surface area contributed by atoms with E-state index in [-0.39, 0.29) is 0 Å². The summed E-state index contributed by atoms with van der Waals surface area (Å²) in [6.07, 6.45) is 2.69. The summed E-state index contributed by atoms with van der Waals surface area (Å²) in [4.78, 5) is 0. The van der Waals surface area contributed by atoms with Crippen molar-refractivity contribution >= 4 is 15.9 Å². The van der Waals surface area contributed by atoms with Gasteiger partial charge in [-0.2, -0.15) is 0 Å². The van der Waals surface area contributed by atoms with E-state index in [0.29, 0.717) is 17.5 Å². The van der Waals surface area contributed by atoms with Gasteiger partial charge in [-0.3, -0.25) is 0 Å². The van der Waals surface area contributed by atoms with Crippen molar-refractivity contribution in [1.82, 2.24) is 5.32 Å². The average molecular weight is 312 g/mol. The molecule has 1 aromatic carbocycles. The van der Waals surface area contributed by atoms with Gasteiger partial charge < -0.3 is 10.1 Å². The van der Waals surface area contributed by atoms with E-state index in [4.69, 9.17) is 4.74 Å². The van der Waals surface area contributed by atoms with Crippen LogP contribution in [0.1, 0.15) is 45.2 Å². The van der Waals surface area contributed by atoms with Crippen molar-refractivity contribution in [3.63, 3.8) is 0 Å². The first-order chi connectivity index (χ1) is 8.46. The Morgan fingerprint density at radius 2 is 2.00 bits per heavy atom. The van der Waals surface area contributed by atoms with E-state index >= 15 is 0 Å². The maximum absolute atomic E-state index is 5.26. The van der Waals surface area contributed by atoms with Crippen LogP contribution in [0.4, 0.5) is 0 Å². The number of halogens is 1. The molecule has 0 aromatic heterocycles. The summed E-state index contributed by atoms with van der Waals surface area (Å²) in [5, 5.41) is 3.70. The Labute approximate surface area is 118 Å². The predicted octanol–water partition coefficient (Wildman–Crippen LogP) is 4.30. The van der Waals surface area contributed by atoms with E-state index < -0.39 is 0 Å². The van der Waals surface area contributed by atoms with Crippen LogP contribution in [0.5, 0.6) is 5.75 Å². The molecule has 1 aliphatic carbocycles. The lowest BCUT2D eigenvalue weighted by Crippen LogP contribution is -2.35. The first-order valence-corrected chi connectivity index (χ1v) is 7.35. The summed E-state index contributed by atoms with van der Waals surface area (Å²) >= 11 is 3.54. The van der Waals surface area contributed by atoms with Crippen molar-refractivity contribution in [1.29, 1.82) is 0 Å². The number of benzene rings is 1. The number of ether oxygens (including phenoxy) is 1. The summed E-state index contributed by atoms with van der Waals surface area (Å²) in [6.45, 7) is 6.87. The highest BCUT2D eigenvalue weighted by Crippen LogP contribution is 2.48. The molecule has 0 bridgehead atoms. The highest BCUT2D eigenvalue weighted by atomic mass is 79.9. The third-order valence-corrected chi connectivity index (χ3v) is 4.88. The summed E-state index contributed by atoms with van der Waals surface area (Å²) in [6, 6.07) is 7.20. The minimum atomic E-state index is 0.361. The quantitative estimate of drug-likeness (QED) is 0.875. The molecular formula is C15H22BrNO. The number of hydrogen-bond donors (Lipinski definition) is 1. The Bertz CT molecular complexity index is 429. The monoisotopic (exact) mass is 311 g/mol. The van der Waals surface area contributed by atoms with Crippen LogP contribution in [0.15, 0.2) is 22.7 Å². The Kier molecular flexibility index (Phi) is 4.02. The largest absolute Gasteiger partial charge is 0.496 e. The lowest BCUT2D eigenvalue weighted by atomic mass is 9.98. The topological polar surface area (TPSA) is 21.3 Å². The molecule has 1 aliphatic rings. The molecule has 1 N–H and O–H groups in total. The fraction of sp³-hybridized carbons (Fsp3) is 0.600. The molecule has 2 unspecified atom stereocenters. The molecule has 1 fully saturated rings. The second-order valence-electron chi connectivity index (χ2n) is 5.66. The first-order valence-electron chi connectivity index (χ1n) is 6.56. The van der Waals surface area contributed by atoms with Crippen molar-refractivity contribution < 1.29 is 4.74 Å². The minimum Gasteiger partial charge on any atom is -0.496 e. The zero-order chi connectivity index (χ0) is 13.3. The Morgan fingerprint density at radius 1 is 1.33 bits per heavy atom. The molecule has 18 heavy (non-hydrogen) atoms. The van der Waals surface area contributed by atoms with Crippen LogP contribution in [-0.4, -0.2) is 13.2 Å². The Hall–Kier alpha value is -0.540. The third kappa shape index (κ3) is 2.89. The predicted molar refractivity (Wildman–Crippen MR) is 79.0 cm³/mol. The molecule has 0 saturated heterocycles. The molecule has 0 amide bonds. The Morgan fingerprint density at radius 3 is 2.50 bits per heavy atom. The van der Waals surface area contributed by atoms with E-state index in [1.165, 1.54) is 18.4 Å². The van der Waals surface area contributed by atoms with Gasteiger partial charge in [0, 0.05) is 12.1 Å². The van der Waals surface area contributed by atoms with Crippen molar-refractivity contribution in [2.75, 3.05) is 7.11 Å². The molecule has 100 valence electrons. The van der Waals surface area contributed by atoms with E-state index in [1.807, 2.05) is 6.07 Å². The highest BCUT2D eigenvalue weighted by molar-refractivity contribution is 9.10. The van der Waals surface area contributed by atoms with Gasteiger partial charge in [0.2, 0.25) is 0 Å². The van der Waals surface area contributed by atoms with Crippen molar-refractivity contribution in [3.8, 4) is 5.75 Å². The molecule has 1 saturated carbocycles. The van der Waals surface area contributed by atoms with Crippen molar-refractivity contribution in [2.45, 2.75) is 45.7 Å². The molecule has 3 heteroatoms. The van der Waals surface area contributed by atoms with Gasteiger partial charge in [-0.1, -0.05) is 13.0 Å². The zero-order valence-electron chi connectivity index (χ0n) is 11.6. The number of nitrogens with one attached hydrogen (secondary N) is 1. The highest BCUT2D eigenvalue weighted by Gasteiger charge is 2.42. The number of methoxy groups -OCH3 is 1. The normalized spacial score (nSPS) is 20.3. The van der Waals surface area contributed by atoms with Gasteiger partial charge in [0.25, 0.3) is 0 Å². The molecule has 2 nitrogen and oxygen atoms in total. The molecular weight excluding hydrogens is 290 g/mol. The van der Waals surface area contributed by atoms with Crippen molar-refractivity contribution in [3.05, 3.63) is 28.2 Å². The molecule has 2 atom stereocenters. The van der Waals surface area contributed by atoms with Crippen LogP contribution >= 0.6 is 15.9 Å². The van der Waals surface area contributed by atoms with Crippen molar-refractivity contribution in [2.24, 2.45) is 5.41 Å². The first kappa shape index (κ1) is 13.9. The van der Waals surface area contributed by atoms with Crippen LogP contribution in [0, 0.1) is 5.41 Å². The van der Waals surface area contributed by atoms with Gasteiger partial charge in [-0.05, 0) is 65.7 Å². The fourth-order valence-electron chi connectivity index (χ4n) is 2.25. The lowest BCUT2D eigenvalue weighted by molar-refractivity contribution is 0.350. The van der Waals surface area contributed by atoms with Crippen LogP contribution in [0.3, 0.4) is 0 Å². The molecule has 2 rings (SSSR count). The summed E-state index contributed by atoms with van der Waals surface area (Å²) in [5.74, 6) is 0.883. The van der Waals surface area contributed by atoms with Gasteiger partial charge in [0.1, 0.15) is 5.75 Å². The summed E-state index contributed by atoms with van der Waals surface area (Å²) in [7, 11) is 1.69. The van der Waals surface area contributed by atoms with Crippen LogP contribution in [-0.2, 0) is 0 Å². The standard InChI is InChI=1S/C15H22BrNO/c1-10(17-11(2)15(3)7-8-15)12-5-6-14(18-4)13(16)9-12/h5-6,9-11,17H,7-8H2,1-4H3. The molecule has 0 spiro atoms. The van der Waals surface area contributed by atoms with Crippen LogP contribution in [0.2, 0.25) is 0 Å². The smallest absolute Gasteiger partial charge is 0.133 e. The van der Waals surface area contributed by atoms with E-state index in [9.17, 15) is 0 Å². The molecule has 0 aliphatic heterocycles. The summed E-state index contributed by atoms with van der Waals surface area (Å²) < 4.78 is 6.27. The maximum Gasteiger partial charge on any atom is 0.133 e. The molecule has 1 aromatic rings. The second kappa shape index (κ2) is 5.22. The summed E-state index contributed by atoms with van der Waals surface area (Å²) in [5.41, 5.74) is 1.80. The SMILES string of the molecule is COc1ccc(C(C)NC(C)C2(C)CC2)cc1Br. The average Bonchev–Trinajstić information content (AvgIpc) is 3.08. The molecule has 0 radical (unpaired) electrons. The molecule has 0 heterocycles. The fourth-order valence-corrected chi connectivity index (χ4v) is 2.81. The third-order valence-electron chi connectivity index (χ3n) is 4.26. The van der Waals surface area contributed by atoms with Crippen LogP contribution in [0.25, 0.3) is 0 Å². The minimum absolute atomic E-state index is 0.361. The van der Waals surface area contributed by atoms with Gasteiger partial charge in [0.05, 0.1) is 11.6 Å². The van der Waals surface area contributed by atoms with E-state index in [2.05, 4.69) is 54.2 Å². The van der Waals surface area contributed by atoms with Gasteiger partial charge >= 0.3 is 0 Å².